The number of anilines is 1. The summed E-state index contributed by atoms with van der Waals surface area (Å²) in [6.45, 7) is 3.44. The van der Waals surface area contributed by atoms with E-state index < -0.39 is 0 Å². The third-order valence-electron chi connectivity index (χ3n) is 2.62. The molecule has 1 N–H and O–H groups in total. The maximum Gasteiger partial charge on any atom is 0.182 e. The van der Waals surface area contributed by atoms with E-state index in [2.05, 4.69) is 33.2 Å². The molecule has 0 saturated heterocycles. The molecule has 2 aromatic rings. The van der Waals surface area contributed by atoms with E-state index in [1.807, 2.05) is 17.5 Å². The van der Waals surface area contributed by atoms with Crippen molar-refractivity contribution in [3.8, 4) is 11.5 Å². The number of nitrogens with zero attached hydrogens (tertiary/aromatic N) is 1. The van der Waals surface area contributed by atoms with E-state index in [1.54, 1.807) is 24.6 Å². The average Bonchev–Trinajstić information content (AvgIpc) is 2.96. The highest BCUT2D eigenvalue weighted by Crippen LogP contribution is 2.37. The van der Waals surface area contributed by atoms with Crippen molar-refractivity contribution in [1.82, 2.24) is 4.98 Å². The van der Waals surface area contributed by atoms with Crippen molar-refractivity contribution in [3.63, 3.8) is 0 Å². The summed E-state index contributed by atoms with van der Waals surface area (Å²) in [4.78, 5) is 4.19. The molecule has 0 aliphatic heterocycles. The molecule has 0 fully saturated rings. The van der Waals surface area contributed by atoms with Gasteiger partial charge in [0.2, 0.25) is 0 Å². The molecule has 20 heavy (non-hydrogen) atoms. The second-order valence-corrected chi connectivity index (χ2v) is 5.90. The molecule has 6 heteroatoms. The minimum Gasteiger partial charge on any atom is -0.493 e. The first-order valence-electron chi connectivity index (χ1n) is 6.37. The van der Waals surface area contributed by atoms with Gasteiger partial charge in [0.05, 0.1) is 18.2 Å². The smallest absolute Gasteiger partial charge is 0.182 e. The van der Waals surface area contributed by atoms with Crippen LogP contribution in [0, 0.1) is 0 Å². The van der Waals surface area contributed by atoms with Crippen molar-refractivity contribution >= 4 is 32.4 Å². The van der Waals surface area contributed by atoms with Gasteiger partial charge in [-0.15, -0.1) is 11.3 Å². The number of methoxy groups -OCH3 is 1. The van der Waals surface area contributed by atoms with Gasteiger partial charge in [-0.3, -0.25) is 0 Å². The maximum atomic E-state index is 5.71. The zero-order valence-corrected chi connectivity index (χ0v) is 13.9. The highest BCUT2D eigenvalue weighted by Gasteiger charge is 2.11. The first kappa shape index (κ1) is 15.1. The Morgan fingerprint density at radius 3 is 2.90 bits per heavy atom. The van der Waals surface area contributed by atoms with Crippen LogP contribution in [0.2, 0.25) is 0 Å². The average molecular weight is 357 g/mol. The topological polar surface area (TPSA) is 43.4 Å². The molecule has 0 bridgehead atoms. The van der Waals surface area contributed by atoms with Crippen LogP contribution in [0.15, 0.2) is 28.2 Å². The Morgan fingerprint density at radius 1 is 1.40 bits per heavy atom. The number of ether oxygens (including phenoxy) is 2. The Bertz CT molecular complexity index is 546. The molecule has 0 saturated carbocycles. The molecule has 2 rings (SSSR count). The van der Waals surface area contributed by atoms with Crippen LogP contribution in [0.1, 0.15) is 18.9 Å². The van der Waals surface area contributed by atoms with E-state index in [0.717, 1.165) is 33.1 Å². The van der Waals surface area contributed by atoms with Crippen molar-refractivity contribution in [3.05, 3.63) is 33.7 Å². The Morgan fingerprint density at radius 2 is 2.25 bits per heavy atom. The summed E-state index contributed by atoms with van der Waals surface area (Å²) in [7, 11) is 1.65. The van der Waals surface area contributed by atoms with Crippen LogP contribution in [-0.4, -0.2) is 18.7 Å². The summed E-state index contributed by atoms with van der Waals surface area (Å²) in [5.41, 5.74) is 1.10. The Balaban J connectivity index is 2.12. The molecule has 0 aliphatic rings. The molecule has 0 atom stereocenters. The second kappa shape index (κ2) is 7.50. The lowest BCUT2D eigenvalue weighted by Crippen LogP contribution is -2.02. The molecule has 1 heterocycles. The summed E-state index contributed by atoms with van der Waals surface area (Å²) in [6, 6.07) is 4.02. The van der Waals surface area contributed by atoms with Crippen molar-refractivity contribution < 1.29 is 9.47 Å². The molecule has 0 unspecified atom stereocenters. The van der Waals surface area contributed by atoms with Crippen molar-refractivity contribution in [2.75, 3.05) is 19.0 Å². The number of rotatable bonds is 7. The third-order valence-corrected chi connectivity index (χ3v) is 3.94. The molecule has 0 radical (unpaired) electrons. The van der Waals surface area contributed by atoms with Gasteiger partial charge in [-0.05, 0) is 40.0 Å². The van der Waals surface area contributed by atoms with Crippen LogP contribution < -0.4 is 14.8 Å². The van der Waals surface area contributed by atoms with Gasteiger partial charge < -0.3 is 14.8 Å². The number of nitrogens with one attached hydrogen (secondary N) is 1. The lowest BCUT2D eigenvalue weighted by molar-refractivity contribution is 0.292. The van der Waals surface area contributed by atoms with E-state index >= 15 is 0 Å². The predicted octanol–water partition coefficient (Wildman–Crippen LogP) is 4.32. The summed E-state index contributed by atoms with van der Waals surface area (Å²) in [5.74, 6) is 1.50. The van der Waals surface area contributed by atoms with Crippen LogP contribution >= 0.6 is 27.3 Å². The van der Waals surface area contributed by atoms with Gasteiger partial charge in [-0.25, -0.2) is 4.98 Å². The minimum atomic E-state index is 0.672. The number of aromatic nitrogens is 1. The number of hydrogen-bond donors (Lipinski definition) is 1. The molecular formula is C14H17BrN2O2S. The van der Waals surface area contributed by atoms with E-state index in [1.165, 1.54) is 0 Å². The largest absolute Gasteiger partial charge is 0.493 e. The van der Waals surface area contributed by atoms with Gasteiger partial charge >= 0.3 is 0 Å². The monoisotopic (exact) mass is 356 g/mol. The number of thiazole rings is 1. The molecule has 1 aromatic heterocycles. The standard InChI is InChI=1S/C14H17BrN2O2S/c1-3-5-19-13-11(15)7-10(8-12(13)18-2)9-17-14-16-4-6-20-14/h4,6-8H,3,5,9H2,1-2H3,(H,16,17). The first-order valence-corrected chi connectivity index (χ1v) is 8.04. The third kappa shape index (κ3) is 3.86. The summed E-state index contributed by atoms with van der Waals surface area (Å²) >= 11 is 5.12. The van der Waals surface area contributed by atoms with E-state index in [9.17, 15) is 0 Å². The fourth-order valence-corrected chi connectivity index (χ4v) is 2.84. The SMILES string of the molecule is CCCOc1c(Br)cc(CNc2nccs2)cc1OC. The Kier molecular flexibility index (Phi) is 5.67. The van der Waals surface area contributed by atoms with E-state index in [4.69, 9.17) is 9.47 Å². The maximum absolute atomic E-state index is 5.71. The Hall–Kier alpha value is -1.27. The zero-order valence-electron chi connectivity index (χ0n) is 11.5. The van der Waals surface area contributed by atoms with Crippen LogP contribution in [0.4, 0.5) is 5.13 Å². The van der Waals surface area contributed by atoms with Gasteiger partial charge in [-0.2, -0.15) is 0 Å². The van der Waals surface area contributed by atoms with Crippen molar-refractivity contribution in [2.24, 2.45) is 0 Å². The molecule has 0 aliphatic carbocycles. The molecule has 108 valence electrons. The summed E-state index contributed by atoms with van der Waals surface area (Å²) in [6.07, 6.45) is 2.74. The quantitative estimate of drug-likeness (QED) is 0.802. The van der Waals surface area contributed by atoms with Gasteiger partial charge in [0.1, 0.15) is 0 Å². The molecule has 0 spiro atoms. The number of halogens is 1. The minimum absolute atomic E-state index is 0.672. The van der Waals surface area contributed by atoms with Crippen LogP contribution in [0.3, 0.4) is 0 Å². The molecule has 4 nitrogen and oxygen atoms in total. The highest BCUT2D eigenvalue weighted by atomic mass is 79.9. The molecule has 0 amide bonds. The predicted molar refractivity (Wildman–Crippen MR) is 85.9 cm³/mol. The van der Waals surface area contributed by atoms with Gasteiger partial charge in [0, 0.05) is 18.1 Å². The molecular weight excluding hydrogens is 340 g/mol. The lowest BCUT2D eigenvalue weighted by atomic mass is 10.2. The van der Waals surface area contributed by atoms with E-state index in [0.29, 0.717) is 13.2 Å². The van der Waals surface area contributed by atoms with Crippen molar-refractivity contribution in [2.45, 2.75) is 19.9 Å². The highest BCUT2D eigenvalue weighted by molar-refractivity contribution is 9.10. The normalized spacial score (nSPS) is 10.3. The first-order chi connectivity index (χ1) is 9.74. The van der Waals surface area contributed by atoms with Crippen LogP contribution in [0.5, 0.6) is 11.5 Å². The zero-order chi connectivity index (χ0) is 14.4. The number of hydrogen-bond acceptors (Lipinski definition) is 5. The van der Waals surface area contributed by atoms with Crippen molar-refractivity contribution in [1.29, 1.82) is 0 Å². The van der Waals surface area contributed by atoms with E-state index in [-0.39, 0.29) is 0 Å². The summed E-state index contributed by atoms with van der Waals surface area (Å²) in [5, 5.41) is 6.13. The fraction of sp³-hybridized carbons (Fsp3) is 0.357. The van der Waals surface area contributed by atoms with Gasteiger partial charge in [-0.1, -0.05) is 6.92 Å². The lowest BCUT2D eigenvalue weighted by Gasteiger charge is -2.14. The van der Waals surface area contributed by atoms with Gasteiger partial charge in [0.25, 0.3) is 0 Å². The molecule has 1 aromatic carbocycles. The van der Waals surface area contributed by atoms with Crippen LogP contribution in [-0.2, 0) is 6.54 Å². The fourth-order valence-electron chi connectivity index (χ4n) is 1.71. The van der Waals surface area contributed by atoms with Gasteiger partial charge in [0.15, 0.2) is 16.6 Å². The number of benzene rings is 1. The van der Waals surface area contributed by atoms with Crippen LogP contribution in [0.25, 0.3) is 0 Å². The Labute approximate surface area is 131 Å². The summed E-state index contributed by atoms with van der Waals surface area (Å²) < 4.78 is 12.0. The second-order valence-electron chi connectivity index (χ2n) is 4.15.